The molecule has 2 amide bonds. The first-order valence-corrected chi connectivity index (χ1v) is 12.2. The summed E-state index contributed by atoms with van der Waals surface area (Å²) < 4.78 is 5.43. The number of carbonyl (C=O) groups is 2. The topological polar surface area (TPSA) is 95.9 Å². The Labute approximate surface area is 238 Å². The Morgan fingerprint density at radius 2 is 1.69 bits per heavy atom. The average Bonchev–Trinajstić information content (AvgIpc) is 3.12. The second kappa shape index (κ2) is 12.3. The number of aromatic nitrogens is 1. The number of ether oxygens (including phenoxy) is 1. The molecule has 3 heterocycles. The van der Waals surface area contributed by atoms with Crippen LogP contribution in [0.1, 0.15) is 21.5 Å². The quantitative estimate of drug-likeness (QED) is 0.366. The lowest BCUT2D eigenvalue weighted by molar-refractivity contribution is -0.114. The highest BCUT2D eigenvalue weighted by Crippen LogP contribution is 2.31. The summed E-state index contributed by atoms with van der Waals surface area (Å²) in [6.07, 6.45) is 1.70. The van der Waals surface area contributed by atoms with Gasteiger partial charge in [0.05, 0.1) is 30.2 Å². The molecule has 0 saturated carbocycles. The van der Waals surface area contributed by atoms with Gasteiger partial charge < -0.3 is 20.3 Å². The Bertz CT molecular complexity index is 1540. The normalized spacial score (nSPS) is 14.6. The lowest BCUT2D eigenvalue weighted by Crippen LogP contribution is -2.38. The number of morpholine rings is 1. The number of nitrogens with one attached hydrogen (secondary N) is 2. The number of halogens is 2. The van der Waals surface area contributed by atoms with Crippen molar-refractivity contribution >= 4 is 70.3 Å². The maximum atomic E-state index is 13.2. The van der Waals surface area contributed by atoms with Crippen molar-refractivity contribution in [3.63, 3.8) is 0 Å². The number of aliphatic imine (C=N–C) groups is 1. The summed E-state index contributed by atoms with van der Waals surface area (Å²) >= 11 is 0. The molecule has 4 aromatic rings. The summed E-state index contributed by atoms with van der Waals surface area (Å²) in [4.78, 5) is 36.7. The van der Waals surface area contributed by atoms with Gasteiger partial charge in [0, 0.05) is 41.5 Å². The second-order valence-corrected chi connectivity index (χ2v) is 8.93. The highest BCUT2D eigenvalue weighted by atomic mass is 35.5. The molecule has 2 N–H and O–H groups in total. The molecule has 8 nitrogen and oxygen atoms in total. The molecule has 200 valence electrons. The van der Waals surface area contributed by atoms with Gasteiger partial charge in [-0.2, -0.15) is 0 Å². The molecule has 0 radical (unpaired) electrons. The van der Waals surface area contributed by atoms with Crippen LogP contribution in [0, 0.1) is 0 Å². The van der Waals surface area contributed by atoms with E-state index in [9.17, 15) is 9.59 Å². The van der Waals surface area contributed by atoms with E-state index in [1.54, 1.807) is 18.3 Å². The van der Waals surface area contributed by atoms with E-state index < -0.39 is 0 Å². The van der Waals surface area contributed by atoms with Crippen molar-refractivity contribution < 1.29 is 14.3 Å². The first-order valence-electron chi connectivity index (χ1n) is 12.2. The van der Waals surface area contributed by atoms with Crippen molar-refractivity contribution in [1.29, 1.82) is 0 Å². The average molecular weight is 564 g/mol. The smallest absolute Gasteiger partial charge is 0.259 e. The summed E-state index contributed by atoms with van der Waals surface area (Å²) in [5.74, 6) is 0.290. The van der Waals surface area contributed by atoms with Gasteiger partial charge in [0.1, 0.15) is 12.4 Å². The molecule has 6 rings (SSSR count). The standard InChI is InChI=1S/C29H25N5O3.2ClH/c35-25-18-31-26(23-12-9-19-4-1-2-5-22(19)27(23)33-25)20-7-10-21(11-8-20)32-29(36)24-6-3-13-30-28(24)34-14-16-37-17-15-34;;/h1-13H,14-18H2,(H,32,36)(H,33,35);2*1H. The number of benzene rings is 3. The van der Waals surface area contributed by atoms with Crippen LogP contribution in [0.15, 0.2) is 84.0 Å². The lowest BCUT2D eigenvalue weighted by atomic mass is 9.96. The van der Waals surface area contributed by atoms with Crippen molar-refractivity contribution in [2.45, 2.75) is 0 Å². The number of hydrogen-bond acceptors (Lipinski definition) is 6. The highest BCUT2D eigenvalue weighted by Gasteiger charge is 2.22. The van der Waals surface area contributed by atoms with Crippen molar-refractivity contribution in [1.82, 2.24) is 4.98 Å². The third-order valence-corrected chi connectivity index (χ3v) is 6.59. The molecule has 2 aliphatic rings. The van der Waals surface area contributed by atoms with Gasteiger partial charge in [0.2, 0.25) is 5.91 Å². The number of carbonyl (C=O) groups excluding carboxylic acids is 2. The molecule has 1 saturated heterocycles. The van der Waals surface area contributed by atoms with E-state index in [2.05, 4.69) is 25.5 Å². The fourth-order valence-corrected chi connectivity index (χ4v) is 4.78. The van der Waals surface area contributed by atoms with Crippen LogP contribution in [0.25, 0.3) is 10.8 Å². The van der Waals surface area contributed by atoms with Gasteiger partial charge in [-0.15, -0.1) is 24.8 Å². The van der Waals surface area contributed by atoms with Gasteiger partial charge in [-0.05, 0) is 29.7 Å². The predicted octanol–water partition coefficient (Wildman–Crippen LogP) is 4.96. The molecule has 2 aliphatic heterocycles. The third kappa shape index (κ3) is 5.73. The molecular formula is C29H27Cl2N5O3. The van der Waals surface area contributed by atoms with Crippen LogP contribution in [0.4, 0.5) is 17.2 Å². The van der Waals surface area contributed by atoms with Crippen LogP contribution in [0.5, 0.6) is 0 Å². The molecule has 0 aliphatic carbocycles. The van der Waals surface area contributed by atoms with Crippen molar-refractivity contribution in [2.24, 2.45) is 4.99 Å². The fraction of sp³-hybridized carbons (Fsp3) is 0.172. The van der Waals surface area contributed by atoms with E-state index >= 15 is 0 Å². The number of rotatable bonds is 4. The minimum Gasteiger partial charge on any atom is -0.378 e. The summed E-state index contributed by atoms with van der Waals surface area (Å²) in [6, 6.07) is 23.1. The number of fused-ring (bicyclic) bond motifs is 3. The maximum Gasteiger partial charge on any atom is 0.259 e. The van der Waals surface area contributed by atoms with Crippen LogP contribution in [0.2, 0.25) is 0 Å². The summed E-state index contributed by atoms with van der Waals surface area (Å²) in [7, 11) is 0. The molecule has 1 aromatic heterocycles. The number of hydrogen-bond donors (Lipinski definition) is 2. The van der Waals surface area contributed by atoms with Gasteiger partial charge in [-0.1, -0.05) is 48.5 Å². The fourth-order valence-electron chi connectivity index (χ4n) is 4.78. The van der Waals surface area contributed by atoms with E-state index in [1.807, 2.05) is 60.7 Å². The van der Waals surface area contributed by atoms with Crippen LogP contribution in [-0.2, 0) is 9.53 Å². The van der Waals surface area contributed by atoms with E-state index in [-0.39, 0.29) is 43.2 Å². The van der Waals surface area contributed by atoms with Crippen molar-refractivity contribution in [3.8, 4) is 0 Å². The molecule has 0 unspecified atom stereocenters. The Kier molecular flexibility index (Phi) is 8.81. The minimum absolute atomic E-state index is 0. The Morgan fingerprint density at radius 3 is 2.49 bits per heavy atom. The zero-order valence-electron chi connectivity index (χ0n) is 20.9. The summed E-state index contributed by atoms with van der Waals surface area (Å²) in [5.41, 5.74) is 4.41. The van der Waals surface area contributed by atoms with Gasteiger partial charge in [0.25, 0.3) is 5.91 Å². The Hall–Kier alpha value is -3.98. The summed E-state index contributed by atoms with van der Waals surface area (Å²) in [5, 5.41) is 8.03. The van der Waals surface area contributed by atoms with Gasteiger partial charge >= 0.3 is 0 Å². The van der Waals surface area contributed by atoms with Gasteiger partial charge in [-0.3, -0.25) is 14.6 Å². The number of nitrogens with zero attached hydrogens (tertiary/aromatic N) is 3. The van der Waals surface area contributed by atoms with Gasteiger partial charge in [-0.25, -0.2) is 4.98 Å². The Morgan fingerprint density at radius 1 is 0.923 bits per heavy atom. The minimum atomic E-state index is -0.222. The van der Waals surface area contributed by atoms with Crippen LogP contribution < -0.4 is 15.5 Å². The predicted molar refractivity (Wildman–Crippen MR) is 159 cm³/mol. The van der Waals surface area contributed by atoms with E-state index in [4.69, 9.17) is 4.74 Å². The van der Waals surface area contributed by atoms with E-state index in [0.29, 0.717) is 43.4 Å². The zero-order valence-corrected chi connectivity index (χ0v) is 22.6. The van der Waals surface area contributed by atoms with Gasteiger partial charge in [0.15, 0.2) is 0 Å². The second-order valence-electron chi connectivity index (χ2n) is 8.93. The van der Waals surface area contributed by atoms with Crippen molar-refractivity contribution in [3.05, 3.63) is 95.7 Å². The van der Waals surface area contributed by atoms with Crippen LogP contribution in [0.3, 0.4) is 0 Å². The third-order valence-electron chi connectivity index (χ3n) is 6.59. The lowest BCUT2D eigenvalue weighted by Gasteiger charge is -2.29. The number of amides is 2. The van der Waals surface area contributed by atoms with Crippen LogP contribution in [-0.4, -0.2) is 55.4 Å². The number of pyridine rings is 1. The number of anilines is 3. The molecule has 39 heavy (non-hydrogen) atoms. The largest absolute Gasteiger partial charge is 0.378 e. The Balaban J connectivity index is 0.00000176. The monoisotopic (exact) mass is 563 g/mol. The molecule has 0 atom stereocenters. The SMILES string of the molecule is Cl.Cl.O=C1CN=C(c2ccc(NC(=O)c3cccnc3N3CCOCC3)cc2)c2ccc3ccccc3c2N1. The zero-order chi connectivity index (χ0) is 25.2. The molecule has 0 spiro atoms. The molecule has 0 bridgehead atoms. The molecular weight excluding hydrogens is 537 g/mol. The highest BCUT2D eigenvalue weighted by molar-refractivity contribution is 6.23. The van der Waals surface area contributed by atoms with Crippen molar-refractivity contribution in [2.75, 3.05) is 48.4 Å². The van der Waals surface area contributed by atoms with E-state index in [0.717, 1.165) is 33.3 Å². The summed E-state index contributed by atoms with van der Waals surface area (Å²) in [6.45, 7) is 2.67. The van der Waals surface area contributed by atoms with E-state index in [1.165, 1.54) is 0 Å². The molecule has 3 aromatic carbocycles. The molecule has 10 heteroatoms. The molecule has 1 fully saturated rings. The van der Waals surface area contributed by atoms with Crippen LogP contribution >= 0.6 is 24.8 Å². The first-order chi connectivity index (χ1) is 18.2. The first kappa shape index (κ1) is 28.0. The maximum absolute atomic E-state index is 13.2.